The highest BCUT2D eigenvalue weighted by Crippen LogP contribution is 2.02. The Hall–Kier alpha value is -1.91. The van der Waals surface area contributed by atoms with Crippen LogP contribution in [0.5, 0.6) is 0 Å². The molecule has 5 heteroatoms. The highest BCUT2D eigenvalue weighted by atomic mass is 16.5. The molecule has 0 saturated carbocycles. The smallest absolute Gasteiger partial charge is 0.330 e. The maximum absolute atomic E-state index is 11.3. The molecule has 1 atom stereocenters. The fraction of sp³-hybridized carbons (Fsp3) is 0.417. The topological polar surface area (TPSA) is 65.0 Å². The predicted octanol–water partition coefficient (Wildman–Crippen LogP) is 1.29. The van der Waals surface area contributed by atoms with Crippen LogP contribution in [-0.4, -0.2) is 38.4 Å². The van der Waals surface area contributed by atoms with E-state index in [2.05, 4.69) is 14.5 Å². The van der Waals surface area contributed by atoms with Crippen molar-refractivity contribution in [2.75, 3.05) is 14.2 Å². The molecule has 0 spiro atoms. The summed E-state index contributed by atoms with van der Waals surface area (Å²) in [4.78, 5) is 26.2. The van der Waals surface area contributed by atoms with Gasteiger partial charge >= 0.3 is 11.9 Å². The van der Waals surface area contributed by atoms with Crippen molar-refractivity contribution in [3.63, 3.8) is 0 Å². The molecule has 0 bridgehead atoms. The number of carbonyl (C=O) groups is 2. The molecule has 0 rings (SSSR count). The zero-order chi connectivity index (χ0) is 13.1. The van der Waals surface area contributed by atoms with Crippen LogP contribution in [0.1, 0.15) is 13.3 Å². The van der Waals surface area contributed by atoms with Gasteiger partial charge in [-0.05, 0) is 19.4 Å². The Labute approximate surface area is 101 Å². The van der Waals surface area contributed by atoms with Gasteiger partial charge < -0.3 is 9.47 Å². The number of carbonyl (C=O) groups excluding carboxylic acids is 2. The summed E-state index contributed by atoms with van der Waals surface area (Å²) in [6.45, 7) is 1.84. The lowest BCUT2D eigenvalue weighted by molar-refractivity contribution is -0.142. The minimum Gasteiger partial charge on any atom is -0.467 e. The van der Waals surface area contributed by atoms with Gasteiger partial charge in [0.05, 0.1) is 14.2 Å². The monoisotopic (exact) mass is 239 g/mol. The third kappa shape index (κ3) is 7.05. The van der Waals surface area contributed by atoms with Gasteiger partial charge in [-0.15, -0.1) is 0 Å². The van der Waals surface area contributed by atoms with Gasteiger partial charge in [-0.3, -0.25) is 4.99 Å². The van der Waals surface area contributed by atoms with Crippen molar-refractivity contribution in [1.29, 1.82) is 0 Å². The number of ether oxygens (including phenoxy) is 2. The van der Waals surface area contributed by atoms with Crippen molar-refractivity contribution >= 4 is 18.2 Å². The lowest BCUT2D eigenvalue weighted by Gasteiger charge is -2.06. The van der Waals surface area contributed by atoms with E-state index in [0.717, 1.165) is 0 Å². The summed E-state index contributed by atoms with van der Waals surface area (Å²) < 4.78 is 9.03. The molecule has 0 amide bonds. The summed E-state index contributed by atoms with van der Waals surface area (Å²) >= 11 is 0. The van der Waals surface area contributed by atoms with Gasteiger partial charge in [0, 0.05) is 12.3 Å². The second-order valence-electron chi connectivity index (χ2n) is 3.02. The first-order valence-corrected chi connectivity index (χ1v) is 5.12. The average molecular weight is 239 g/mol. The second kappa shape index (κ2) is 9.33. The zero-order valence-corrected chi connectivity index (χ0v) is 10.3. The SMILES string of the molecule is C/C=C/C=NC(C/C=C/C(=O)OC)C(=O)OC. The normalized spacial score (nSPS) is 13.4. The van der Waals surface area contributed by atoms with Crippen molar-refractivity contribution in [3.05, 3.63) is 24.3 Å². The summed E-state index contributed by atoms with van der Waals surface area (Å²) in [5, 5.41) is 0. The third-order valence-electron chi connectivity index (χ3n) is 1.83. The number of hydrogen-bond acceptors (Lipinski definition) is 5. The van der Waals surface area contributed by atoms with Crippen LogP contribution in [0.3, 0.4) is 0 Å². The number of allylic oxidation sites excluding steroid dienone is 2. The van der Waals surface area contributed by atoms with Gasteiger partial charge in [0.1, 0.15) is 0 Å². The molecule has 0 N–H and O–H groups in total. The highest BCUT2D eigenvalue weighted by molar-refractivity contribution is 5.83. The minimum absolute atomic E-state index is 0.288. The Morgan fingerprint density at radius 3 is 2.53 bits per heavy atom. The molecular formula is C12H17NO4. The molecule has 94 valence electrons. The molecule has 0 radical (unpaired) electrons. The fourth-order valence-corrected chi connectivity index (χ4v) is 0.955. The van der Waals surface area contributed by atoms with Crippen LogP contribution >= 0.6 is 0 Å². The standard InChI is InChI=1S/C12H17NO4/c1-4-5-9-13-10(12(15)17-3)7-6-8-11(14)16-2/h4-6,8-10H,7H2,1-3H3/b5-4+,8-6+,13-9?. The van der Waals surface area contributed by atoms with Crippen LogP contribution < -0.4 is 0 Å². The highest BCUT2D eigenvalue weighted by Gasteiger charge is 2.15. The van der Waals surface area contributed by atoms with Crippen LogP contribution in [0.2, 0.25) is 0 Å². The quantitative estimate of drug-likeness (QED) is 0.398. The van der Waals surface area contributed by atoms with Crippen LogP contribution in [-0.2, 0) is 19.1 Å². The Morgan fingerprint density at radius 2 is 2.00 bits per heavy atom. The Morgan fingerprint density at radius 1 is 1.29 bits per heavy atom. The third-order valence-corrected chi connectivity index (χ3v) is 1.83. The van der Waals surface area contributed by atoms with Crippen molar-refractivity contribution in [2.45, 2.75) is 19.4 Å². The fourth-order valence-electron chi connectivity index (χ4n) is 0.955. The van der Waals surface area contributed by atoms with E-state index < -0.39 is 18.0 Å². The lowest BCUT2D eigenvalue weighted by Crippen LogP contribution is -2.19. The van der Waals surface area contributed by atoms with Crippen molar-refractivity contribution in [2.24, 2.45) is 4.99 Å². The molecule has 0 aliphatic carbocycles. The molecule has 17 heavy (non-hydrogen) atoms. The molecule has 0 heterocycles. The molecule has 0 aromatic rings. The number of rotatable bonds is 6. The van der Waals surface area contributed by atoms with E-state index in [4.69, 9.17) is 0 Å². The van der Waals surface area contributed by atoms with E-state index in [1.54, 1.807) is 12.2 Å². The first-order chi connectivity index (χ1) is 8.15. The summed E-state index contributed by atoms with van der Waals surface area (Å²) in [5.74, 6) is -0.911. The van der Waals surface area contributed by atoms with Crippen LogP contribution in [0.15, 0.2) is 29.3 Å². The number of nitrogens with zero attached hydrogens (tertiary/aromatic N) is 1. The van der Waals surface area contributed by atoms with Gasteiger partial charge in [-0.1, -0.05) is 12.2 Å². The van der Waals surface area contributed by atoms with Gasteiger partial charge in [0.15, 0.2) is 6.04 Å². The number of hydrogen-bond donors (Lipinski definition) is 0. The zero-order valence-electron chi connectivity index (χ0n) is 10.3. The van der Waals surface area contributed by atoms with Crippen molar-refractivity contribution in [3.8, 4) is 0 Å². The second-order valence-corrected chi connectivity index (χ2v) is 3.02. The molecular weight excluding hydrogens is 222 g/mol. The Bertz CT molecular complexity index is 331. The Kier molecular flexibility index (Phi) is 8.28. The maximum atomic E-state index is 11.3. The molecule has 5 nitrogen and oxygen atoms in total. The summed E-state index contributed by atoms with van der Waals surface area (Å²) in [6.07, 6.45) is 8.09. The summed E-state index contributed by atoms with van der Waals surface area (Å²) in [5.41, 5.74) is 0. The molecule has 0 aromatic carbocycles. The van der Waals surface area contributed by atoms with Crippen molar-refractivity contribution < 1.29 is 19.1 Å². The first kappa shape index (κ1) is 15.1. The van der Waals surface area contributed by atoms with Crippen molar-refractivity contribution in [1.82, 2.24) is 0 Å². The van der Waals surface area contributed by atoms with E-state index >= 15 is 0 Å². The summed E-state index contributed by atoms with van der Waals surface area (Å²) in [7, 11) is 2.58. The van der Waals surface area contributed by atoms with E-state index in [0.29, 0.717) is 0 Å². The van der Waals surface area contributed by atoms with E-state index in [1.165, 1.54) is 32.6 Å². The van der Waals surface area contributed by atoms with Gasteiger partial charge in [0.25, 0.3) is 0 Å². The van der Waals surface area contributed by atoms with E-state index in [-0.39, 0.29) is 6.42 Å². The van der Waals surface area contributed by atoms with Gasteiger partial charge in [-0.25, -0.2) is 9.59 Å². The average Bonchev–Trinajstić information content (AvgIpc) is 2.35. The Balaban J connectivity index is 4.44. The van der Waals surface area contributed by atoms with Crippen LogP contribution in [0.4, 0.5) is 0 Å². The molecule has 0 aliphatic rings. The predicted molar refractivity (Wildman–Crippen MR) is 64.9 cm³/mol. The molecule has 1 unspecified atom stereocenters. The molecule has 0 aromatic heterocycles. The van der Waals surface area contributed by atoms with E-state index in [9.17, 15) is 9.59 Å². The molecule has 0 aliphatic heterocycles. The lowest BCUT2D eigenvalue weighted by atomic mass is 10.2. The molecule has 0 saturated heterocycles. The largest absolute Gasteiger partial charge is 0.467 e. The minimum atomic E-state index is -0.642. The number of methoxy groups -OCH3 is 2. The number of aliphatic imine (C=N–C) groups is 1. The van der Waals surface area contributed by atoms with E-state index in [1.807, 2.05) is 6.92 Å². The first-order valence-electron chi connectivity index (χ1n) is 5.12. The van der Waals surface area contributed by atoms with Crippen LogP contribution in [0, 0.1) is 0 Å². The van der Waals surface area contributed by atoms with Gasteiger partial charge in [-0.2, -0.15) is 0 Å². The molecule has 0 fully saturated rings. The summed E-state index contributed by atoms with van der Waals surface area (Å²) in [6, 6.07) is -0.642. The number of esters is 2. The van der Waals surface area contributed by atoms with Gasteiger partial charge in [0.2, 0.25) is 0 Å². The maximum Gasteiger partial charge on any atom is 0.330 e. The van der Waals surface area contributed by atoms with Crippen LogP contribution in [0.25, 0.3) is 0 Å².